The first-order valence-corrected chi connectivity index (χ1v) is 5.89. The minimum absolute atomic E-state index is 0.625. The maximum Gasteiger partial charge on any atom is 0.133 e. The predicted octanol–water partition coefficient (Wildman–Crippen LogP) is 3.36. The number of hydrogen-bond acceptors (Lipinski definition) is 2. The summed E-state index contributed by atoms with van der Waals surface area (Å²) in [5, 5.41) is 0.625. The van der Waals surface area contributed by atoms with Gasteiger partial charge in [0.25, 0.3) is 0 Å². The zero-order chi connectivity index (χ0) is 11.1. The first kappa shape index (κ1) is 12.5. The van der Waals surface area contributed by atoms with Crippen molar-refractivity contribution in [1.82, 2.24) is 9.88 Å². The van der Waals surface area contributed by atoms with E-state index in [1.165, 1.54) is 19.3 Å². The minimum Gasteiger partial charge on any atom is -0.302 e. The lowest BCUT2D eigenvalue weighted by Crippen LogP contribution is -2.19. The molecule has 0 aliphatic carbocycles. The van der Waals surface area contributed by atoms with Gasteiger partial charge in [0.05, 0.1) is 0 Å². The summed E-state index contributed by atoms with van der Waals surface area (Å²) in [6.07, 6.45) is 5.54. The van der Waals surface area contributed by atoms with Crippen molar-refractivity contribution in [1.29, 1.82) is 0 Å². The number of hydrogen-bond donors (Lipinski definition) is 0. The molecule has 2 nitrogen and oxygen atoms in total. The van der Waals surface area contributed by atoms with Crippen LogP contribution < -0.4 is 0 Å². The molecule has 0 spiro atoms. The first-order valence-electron chi connectivity index (χ1n) is 5.52. The van der Waals surface area contributed by atoms with Crippen LogP contribution in [0, 0.1) is 0 Å². The van der Waals surface area contributed by atoms with Crippen LogP contribution in [0.4, 0.5) is 0 Å². The largest absolute Gasteiger partial charge is 0.302 e. The summed E-state index contributed by atoms with van der Waals surface area (Å²) in [6.45, 7) is 4.23. The van der Waals surface area contributed by atoms with Gasteiger partial charge in [-0.2, -0.15) is 0 Å². The average Bonchev–Trinajstić information content (AvgIpc) is 2.22. The fourth-order valence-corrected chi connectivity index (χ4v) is 1.72. The van der Waals surface area contributed by atoms with Crippen molar-refractivity contribution in [2.75, 3.05) is 13.6 Å². The Labute approximate surface area is 97.3 Å². The maximum absolute atomic E-state index is 5.99. The van der Waals surface area contributed by atoms with Crippen LogP contribution in [0.3, 0.4) is 0 Å². The minimum atomic E-state index is 0.625. The van der Waals surface area contributed by atoms with Gasteiger partial charge >= 0.3 is 0 Å². The zero-order valence-electron chi connectivity index (χ0n) is 9.54. The van der Waals surface area contributed by atoms with Gasteiger partial charge in [0.15, 0.2) is 0 Å². The Bertz CT molecular complexity index is 289. The highest BCUT2D eigenvalue weighted by atomic mass is 35.5. The monoisotopic (exact) mass is 226 g/mol. The number of rotatable bonds is 6. The Balaban J connectivity index is 2.37. The fraction of sp³-hybridized carbons (Fsp3) is 0.583. The van der Waals surface area contributed by atoms with Gasteiger partial charge in [-0.15, -0.1) is 0 Å². The van der Waals surface area contributed by atoms with Crippen molar-refractivity contribution in [2.24, 2.45) is 0 Å². The molecule has 84 valence electrons. The molecule has 1 aromatic rings. The highest BCUT2D eigenvalue weighted by Crippen LogP contribution is 2.13. The Hall–Kier alpha value is -0.600. The SMILES string of the molecule is CCCCCN(C)Cc1cccnc1Cl. The summed E-state index contributed by atoms with van der Waals surface area (Å²) in [7, 11) is 2.12. The van der Waals surface area contributed by atoms with E-state index in [0.717, 1.165) is 18.7 Å². The second kappa shape index (κ2) is 6.81. The van der Waals surface area contributed by atoms with Gasteiger partial charge in [-0.25, -0.2) is 4.98 Å². The standard InChI is InChI=1S/C12H19ClN2/c1-3-4-5-9-15(2)10-11-7-6-8-14-12(11)13/h6-8H,3-5,9-10H2,1-2H3. The molecule has 15 heavy (non-hydrogen) atoms. The van der Waals surface area contributed by atoms with Crippen molar-refractivity contribution in [2.45, 2.75) is 32.7 Å². The predicted molar refractivity (Wildman–Crippen MR) is 65.1 cm³/mol. The lowest BCUT2D eigenvalue weighted by Gasteiger charge is -2.16. The molecular formula is C12H19ClN2. The molecule has 0 radical (unpaired) electrons. The van der Waals surface area contributed by atoms with E-state index >= 15 is 0 Å². The molecule has 0 saturated carbocycles. The van der Waals surface area contributed by atoms with E-state index in [1.54, 1.807) is 6.20 Å². The summed E-state index contributed by atoms with van der Waals surface area (Å²) >= 11 is 5.99. The van der Waals surface area contributed by atoms with Gasteiger partial charge in [0.2, 0.25) is 0 Å². The van der Waals surface area contributed by atoms with Crippen molar-refractivity contribution >= 4 is 11.6 Å². The first-order chi connectivity index (χ1) is 7.24. The molecular weight excluding hydrogens is 208 g/mol. The van der Waals surface area contributed by atoms with Crippen LogP contribution in [0.15, 0.2) is 18.3 Å². The molecule has 3 heteroatoms. The maximum atomic E-state index is 5.99. The van der Waals surface area contributed by atoms with E-state index in [0.29, 0.717) is 5.15 Å². The Kier molecular flexibility index (Phi) is 5.66. The molecule has 1 aromatic heterocycles. The van der Waals surface area contributed by atoms with Crippen molar-refractivity contribution < 1.29 is 0 Å². The summed E-state index contributed by atoms with van der Waals surface area (Å²) in [4.78, 5) is 6.36. The molecule has 0 saturated heterocycles. The molecule has 0 unspecified atom stereocenters. The molecule has 1 rings (SSSR count). The molecule has 0 aliphatic rings. The summed E-state index contributed by atoms with van der Waals surface area (Å²) in [5.74, 6) is 0. The number of unbranched alkanes of at least 4 members (excludes halogenated alkanes) is 2. The van der Waals surface area contributed by atoms with Gasteiger partial charge in [-0.3, -0.25) is 0 Å². The second-order valence-electron chi connectivity index (χ2n) is 3.90. The van der Waals surface area contributed by atoms with Gasteiger partial charge < -0.3 is 4.90 Å². The summed E-state index contributed by atoms with van der Waals surface area (Å²) in [5.41, 5.74) is 1.11. The topological polar surface area (TPSA) is 16.1 Å². The quantitative estimate of drug-likeness (QED) is 0.546. The number of halogens is 1. The van der Waals surface area contributed by atoms with Crippen molar-refractivity contribution in [3.05, 3.63) is 29.0 Å². The van der Waals surface area contributed by atoms with Crippen LogP contribution in [0.2, 0.25) is 5.15 Å². The lowest BCUT2D eigenvalue weighted by molar-refractivity contribution is 0.318. The third-order valence-corrected chi connectivity index (χ3v) is 2.76. The normalized spacial score (nSPS) is 10.9. The fourth-order valence-electron chi connectivity index (χ4n) is 1.54. The molecule has 0 aromatic carbocycles. The molecule has 0 aliphatic heterocycles. The smallest absolute Gasteiger partial charge is 0.133 e. The van der Waals surface area contributed by atoms with Crippen LogP contribution in [0.1, 0.15) is 31.7 Å². The van der Waals surface area contributed by atoms with E-state index in [9.17, 15) is 0 Å². The highest BCUT2D eigenvalue weighted by Gasteiger charge is 2.03. The number of nitrogens with zero attached hydrogens (tertiary/aromatic N) is 2. The van der Waals surface area contributed by atoms with Gasteiger partial charge in [0.1, 0.15) is 5.15 Å². The van der Waals surface area contributed by atoms with Crippen LogP contribution >= 0.6 is 11.6 Å². The van der Waals surface area contributed by atoms with E-state index in [4.69, 9.17) is 11.6 Å². The second-order valence-corrected chi connectivity index (χ2v) is 4.26. The summed E-state index contributed by atoms with van der Waals surface area (Å²) in [6, 6.07) is 3.97. The Morgan fingerprint density at radius 3 is 2.87 bits per heavy atom. The van der Waals surface area contributed by atoms with Crippen LogP contribution in [0.25, 0.3) is 0 Å². The molecule has 1 heterocycles. The molecule has 0 amide bonds. The molecule has 0 fully saturated rings. The summed E-state index contributed by atoms with van der Waals surface area (Å²) < 4.78 is 0. The zero-order valence-corrected chi connectivity index (χ0v) is 10.3. The van der Waals surface area contributed by atoms with Gasteiger partial charge in [-0.05, 0) is 26.1 Å². The highest BCUT2D eigenvalue weighted by molar-refractivity contribution is 6.30. The van der Waals surface area contributed by atoms with Crippen LogP contribution in [-0.2, 0) is 6.54 Å². The molecule has 0 N–H and O–H groups in total. The lowest BCUT2D eigenvalue weighted by atomic mass is 10.2. The van der Waals surface area contributed by atoms with E-state index < -0.39 is 0 Å². The van der Waals surface area contributed by atoms with Crippen LogP contribution in [-0.4, -0.2) is 23.5 Å². The Morgan fingerprint density at radius 2 is 2.20 bits per heavy atom. The third-order valence-electron chi connectivity index (χ3n) is 2.42. The van der Waals surface area contributed by atoms with E-state index in [-0.39, 0.29) is 0 Å². The number of pyridine rings is 1. The molecule has 0 atom stereocenters. The van der Waals surface area contributed by atoms with Gasteiger partial charge in [0, 0.05) is 18.3 Å². The third kappa shape index (κ3) is 4.63. The van der Waals surface area contributed by atoms with E-state index in [2.05, 4.69) is 23.9 Å². The van der Waals surface area contributed by atoms with Crippen molar-refractivity contribution in [3.8, 4) is 0 Å². The Morgan fingerprint density at radius 1 is 1.40 bits per heavy atom. The van der Waals surface area contributed by atoms with Crippen LogP contribution in [0.5, 0.6) is 0 Å². The van der Waals surface area contributed by atoms with E-state index in [1.807, 2.05) is 12.1 Å². The number of aromatic nitrogens is 1. The van der Waals surface area contributed by atoms with Gasteiger partial charge in [-0.1, -0.05) is 37.4 Å². The molecule has 0 bridgehead atoms. The average molecular weight is 227 g/mol. The van der Waals surface area contributed by atoms with Crippen molar-refractivity contribution in [3.63, 3.8) is 0 Å².